The van der Waals surface area contributed by atoms with Gasteiger partial charge in [-0.15, -0.1) is 0 Å². The van der Waals surface area contributed by atoms with Crippen LogP contribution >= 0.6 is 0 Å². The van der Waals surface area contributed by atoms with Crippen molar-refractivity contribution in [1.82, 2.24) is 0 Å². The summed E-state index contributed by atoms with van der Waals surface area (Å²) >= 11 is 0. The SMILES string of the molecule is Cc1cc2c(cc1N1C3=C4B(c5cc6c(cc51)C(C)(C)CCC6(C)C)c1oc5c(c1N(C1C=CC6=C(C1)C(C)(C)CCC6(C)C)C4CC(C(C)(C)C)=C3)CC1C(=C5)C(C)(C)CCC1(C)C)C(C)(C)CCC2(C)C. The van der Waals surface area contributed by atoms with Gasteiger partial charge in [-0.1, -0.05) is 173 Å². The molecule has 388 valence electrons. The van der Waals surface area contributed by atoms with Crippen LogP contribution in [0, 0.1) is 39.9 Å². The van der Waals surface area contributed by atoms with Gasteiger partial charge in [-0.05, 0) is 201 Å². The van der Waals surface area contributed by atoms with Crippen molar-refractivity contribution in [2.45, 2.75) is 243 Å². The highest BCUT2D eigenvalue weighted by Gasteiger charge is 2.57. The number of nitrogens with zero attached hydrogens (tertiary/aromatic N) is 2. The molecule has 3 heterocycles. The molecule has 0 spiro atoms. The number of rotatable bonds is 2. The fraction of sp³-hybridized carbons (Fsp3) is 0.623. The third kappa shape index (κ3) is 7.21. The Morgan fingerprint density at radius 1 is 0.589 bits per heavy atom. The second kappa shape index (κ2) is 15.2. The van der Waals surface area contributed by atoms with E-state index in [2.05, 4.69) is 197 Å². The molecule has 3 atom stereocenters. The summed E-state index contributed by atoms with van der Waals surface area (Å²) in [5, 5.41) is 0. The van der Waals surface area contributed by atoms with Crippen molar-refractivity contribution in [3.05, 3.63) is 115 Å². The van der Waals surface area contributed by atoms with Crippen LogP contribution in [0.15, 0.2) is 80.4 Å². The Morgan fingerprint density at radius 2 is 1.14 bits per heavy atom. The normalized spacial score (nSPS) is 28.9. The Bertz CT molecular complexity index is 3080. The molecule has 7 aliphatic carbocycles. The highest BCUT2D eigenvalue weighted by Crippen LogP contribution is 2.61. The molecule has 1 fully saturated rings. The summed E-state index contributed by atoms with van der Waals surface area (Å²) in [5.41, 5.74) is 26.3. The van der Waals surface area contributed by atoms with Crippen LogP contribution in [0.4, 0.5) is 17.1 Å². The van der Waals surface area contributed by atoms with Crippen LogP contribution in [0.2, 0.25) is 0 Å². The summed E-state index contributed by atoms with van der Waals surface area (Å²) in [4.78, 5) is 5.86. The summed E-state index contributed by atoms with van der Waals surface area (Å²) in [7, 11) is 0. The van der Waals surface area contributed by atoms with Crippen LogP contribution in [0.25, 0.3) is 6.08 Å². The fourth-order valence-electron chi connectivity index (χ4n) is 16.7. The van der Waals surface area contributed by atoms with E-state index in [0.717, 1.165) is 25.0 Å². The zero-order valence-corrected chi connectivity index (χ0v) is 49.5. The van der Waals surface area contributed by atoms with Gasteiger partial charge in [-0.25, -0.2) is 0 Å². The van der Waals surface area contributed by atoms with Crippen LogP contribution in [0.3, 0.4) is 0 Å². The van der Waals surface area contributed by atoms with Crippen LogP contribution in [0.1, 0.15) is 235 Å². The maximum Gasteiger partial charge on any atom is 0.292 e. The fourth-order valence-corrected chi connectivity index (χ4v) is 16.7. The van der Waals surface area contributed by atoms with Crippen molar-refractivity contribution in [3.63, 3.8) is 0 Å². The van der Waals surface area contributed by atoms with Crippen molar-refractivity contribution in [2.24, 2.45) is 33.0 Å². The highest BCUT2D eigenvalue weighted by atomic mass is 16.3. The lowest BCUT2D eigenvalue weighted by molar-refractivity contribution is 0.123. The first-order valence-corrected chi connectivity index (χ1v) is 29.3. The third-order valence-corrected chi connectivity index (χ3v) is 22.4. The number of benzene rings is 2. The first kappa shape index (κ1) is 49.9. The number of hydrogen-bond donors (Lipinski definition) is 0. The quantitative estimate of drug-likeness (QED) is 0.239. The zero-order valence-electron chi connectivity index (χ0n) is 49.5. The molecule has 0 N–H and O–H groups in total. The topological polar surface area (TPSA) is 19.6 Å². The summed E-state index contributed by atoms with van der Waals surface area (Å²) in [6.07, 6.45) is 23.5. The molecule has 3 aromatic rings. The van der Waals surface area contributed by atoms with Gasteiger partial charge in [0.15, 0.2) is 0 Å². The largest absolute Gasteiger partial charge is 0.468 e. The molecule has 1 saturated carbocycles. The molecule has 4 heteroatoms. The van der Waals surface area contributed by atoms with Crippen LogP contribution in [-0.2, 0) is 28.1 Å². The Labute approximate surface area is 444 Å². The Hall–Kier alpha value is -3.92. The molecule has 0 saturated heterocycles. The third-order valence-electron chi connectivity index (χ3n) is 22.4. The van der Waals surface area contributed by atoms with Gasteiger partial charge in [-0.2, -0.15) is 0 Å². The monoisotopic (exact) mass is 977 g/mol. The van der Waals surface area contributed by atoms with Gasteiger partial charge < -0.3 is 14.2 Å². The smallest absolute Gasteiger partial charge is 0.292 e. The van der Waals surface area contributed by atoms with Crippen LogP contribution < -0.4 is 20.9 Å². The van der Waals surface area contributed by atoms with Gasteiger partial charge in [0.25, 0.3) is 6.71 Å². The van der Waals surface area contributed by atoms with Gasteiger partial charge in [0.2, 0.25) is 0 Å². The maximum atomic E-state index is 7.93. The molecule has 12 rings (SSSR count). The van der Waals surface area contributed by atoms with E-state index in [1.807, 2.05) is 0 Å². The standard InChI is InChI=1S/C69H93BN2O/c1-40-31-45-49(67(15,16)28-25-63(45,7)8)37-53(40)72-54-38-50-48(66(13,14)27-29-68(50,17)18)36-52(54)70-58-55(32-41(33-56(58)72)61(2,3)4)71(42-21-22-44-46(34-42)64(9,10)24-23-62(44,5)6)59-43-35-47-51(39-57(43)73-60(59)70)69(19,20)30-26-65(47,11)12/h21-22,31,33,36-39,42,47,55H,23-30,32,34-35H2,1-20H3. The maximum absolute atomic E-state index is 7.93. The van der Waals surface area contributed by atoms with E-state index in [-0.39, 0.29) is 67.5 Å². The summed E-state index contributed by atoms with van der Waals surface area (Å²) in [6, 6.07) is 11.2. The molecule has 2 aliphatic heterocycles. The average molecular weight is 977 g/mol. The predicted molar refractivity (Wildman–Crippen MR) is 313 cm³/mol. The molecule has 73 heavy (non-hydrogen) atoms. The molecule has 1 aromatic heterocycles. The molecule has 0 radical (unpaired) electrons. The number of furan rings is 1. The number of hydrogen-bond acceptors (Lipinski definition) is 3. The molecule has 3 nitrogen and oxygen atoms in total. The van der Waals surface area contributed by atoms with Crippen molar-refractivity contribution >= 4 is 41.0 Å². The number of anilines is 3. The highest BCUT2D eigenvalue weighted by molar-refractivity contribution is 6.93. The van der Waals surface area contributed by atoms with E-state index in [0.29, 0.717) is 5.92 Å². The van der Waals surface area contributed by atoms with Gasteiger partial charge in [0.1, 0.15) is 5.76 Å². The lowest BCUT2D eigenvalue weighted by atomic mass is 9.32. The van der Waals surface area contributed by atoms with Crippen molar-refractivity contribution < 1.29 is 4.42 Å². The minimum Gasteiger partial charge on any atom is -0.468 e. The molecule has 3 unspecified atom stereocenters. The van der Waals surface area contributed by atoms with E-state index in [4.69, 9.17) is 4.42 Å². The van der Waals surface area contributed by atoms with E-state index in [9.17, 15) is 0 Å². The summed E-state index contributed by atoms with van der Waals surface area (Å²) in [5.74, 6) is 1.63. The Morgan fingerprint density at radius 3 is 1.75 bits per heavy atom. The Balaban J connectivity index is 1.20. The molecule has 9 aliphatic rings. The number of allylic oxidation sites excluding steroid dienone is 4. The van der Waals surface area contributed by atoms with Gasteiger partial charge in [0.05, 0.1) is 23.4 Å². The predicted octanol–water partition coefficient (Wildman–Crippen LogP) is 17.3. The van der Waals surface area contributed by atoms with Crippen LogP contribution in [0.5, 0.6) is 0 Å². The minimum absolute atomic E-state index is 0.00849. The average Bonchev–Trinajstić information content (AvgIpc) is 3.67. The zero-order chi connectivity index (χ0) is 52.5. The van der Waals surface area contributed by atoms with Crippen molar-refractivity contribution in [3.8, 4) is 0 Å². The van der Waals surface area contributed by atoms with Crippen molar-refractivity contribution in [1.29, 1.82) is 0 Å². The van der Waals surface area contributed by atoms with Crippen molar-refractivity contribution in [2.75, 3.05) is 9.80 Å². The lowest BCUT2D eigenvalue weighted by Gasteiger charge is -2.55. The van der Waals surface area contributed by atoms with E-state index < -0.39 is 0 Å². The van der Waals surface area contributed by atoms with Crippen LogP contribution in [-0.4, -0.2) is 18.8 Å². The first-order valence-electron chi connectivity index (χ1n) is 29.3. The van der Waals surface area contributed by atoms with E-state index >= 15 is 0 Å². The minimum atomic E-state index is -0.0245. The second-order valence-electron chi connectivity index (χ2n) is 32.0. The number of aryl methyl sites for hydroxylation is 1. The second-order valence-corrected chi connectivity index (χ2v) is 32.0. The summed E-state index contributed by atoms with van der Waals surface area (Å²) in [6.45, 7) is 50.3. The molecular formula is C69H93BN2O. The lowest BCUT2D eigenvalue weighted by Crippen LogP contribution is -2.64. The first-order chi connectivity index (χ1) is 33.7. The van der Waals surface area contributed by atoms with Gasteiger partial charge in [0, 0.05) is 22.6 Å². The van der Waals surface area contributed by atoms with E-state index in [1.54, 1.807) is 38.9 Å². The molecule has 0 amide bonds. The molecule has 0 bridgehead atoms. The van der Waals surface area contributed by atoms with Gasteiger partial charge >= 0.3 is 0 Å². The summed E-state index contributed by atoms with van der Waals surface area (Å²) < 4.78 is 7.93. The molecule has 2 aromatic carbocycles. The Kier molecular flexibility index (Phi) is 10.4. The number of fused-ring (bicyclic) bond motifs is 9. The molecular weight excluding hydrogens is 884 g/mol. The van der Waals surface area contributed by atoms with Gasteiger partial charge in [-0.3, -0.25) is 0 Å². The van der Waals surface area contributed by atoms with E-state index in [1.165, 1.54) is 108 Å².